The van der Waals surface area contributed by atoms with Crippen LogP contribution in [0, 0.1) is 6.92 Å². The Kier molecular flexibility index (Phi) is 3.34. The van der Waals surface area contributed by atoms with Crippen LogP contribution in [0.2, 0.25) is 0 Å². The fourth-order valence-corrected chi connectivity index (χ4v) is 1.96. The predicted molar refractivity (Wildman–Crippen MR) is 58.3 cm³/mol. The molecule has 0 saturated heterocycles. The molecule has 1 nitrogen and oxygen atoms in total. The van der Waals surface area contributed by atoms with Gasteiger partial charge in [0.1, 0.15) is 0 Å². The molecule has 1 atom stereocenters. The lowest BCUT2D eigenvalue weighted by molar-refractivity contribution is 0.570. The largest absolute Gasteiger partial charge is 0.324 e. The summed E-state index contributed by atoms with van der Waals surface area (Å²) >= 11 is 0. The van der Waals surface area contributed by atoms with E-state index >= 15 is 0 Å². The van der Waals surface area contributed by atoms with Gasteiger partial charge < -0.3 is 5.73 Å². The molecule has 0 aliphatic heterocycles. The molecule has 1 aromatic carbocycles. The summed E-state index contributed by atoms with van der Waals surface area (Å²) in [6, 6.07) is 6.92. The molecule has 0 unspecified atom stereocenters. The molecule has 0 bridgehead atoms. The smallest absolute Gasteiger partial charge is 0.0297 e. The highest BCUT2D eigenvalue weighted by Gasteiger charge is 2.15. The molecule has 0 amide bonds. The van der Waals surface area contributed by atoms with Crippen LogP contribution in [-0.4, -0.2) is 0 Å². The number of nitrogens with two attached hydrogens (primary N) is 1. The summed E-state index contributed by atoms with van der Waals surface area (Å²) < 4.78 is 0. The minimum Gasteiger partial charge on any atom is -0.324 e. The van der Waals surface area contributed by atoms with Gasteiger partial charge in [0.25, 0.3) is 0 Å². The van der Waals surface area contributed by atoms with Gasteiger partial charge in [-0.3, -0.25) is 0 Å². The van der Waals surface area contributed by atoms with Gasteiger partial charge in [-0.15, -0.1) is 12.4 Å². The van der Waals surface area contributed by atoms with E-state index in [1.54, 1.807) is 0 Å². The van der Waals surface area contributed by atoms with E-state index in [0.717, 1.165) is 6.42 Å². The molecule has 1 aliphatic rings. The molecule has 2 rings (SSSR count). The highest BCUT2D eigenvalue weighted by atomic mass is 35.5. The zero-order valence-corrected chi connectivity index (χ0v) is 8.73. The zero-order valence-electron chi connectivity index (χ0n) is 7.92. The van der Waals surface area contributed by atoms with Crippen LogP contribution in [0.1, 0.15) is 35.6 Å². The lowest BCUT2D eigenvalue weighted by Crippen LogP contribution is -2.17. The van der Waals surface area contributed by atoms with E-state index in [1.807, 2.05) is 0 Å². The van der Waals surface area contributed by atoms with Gasteiger partial charge in [0.05, 0.1) is 0 Å². The fraction of sp³-hybridized carbons (Fsp3) is 0.455. The number of benzene rings is 1. The summed E-state index contributed by atoms with van der Waals surface area (Å²) in [4.78, 5) is 0. The van der Waals surface area contributed by atoms with Crippen LogP contribution in [0.15, 0.2) is 18.2 Å². The first-order chi connectivity index (χ1) is 5.77. The van der Waals surface area contributed by atoms with Gasteiger partial charge in [-0.05, 0) is 37.3 Å². The van der Waals surface area contributed by atoms with Crippen molar-refractivity contribution in [2.24, 2.45) is 5.73 Å². The standard InChI is InChI=1S/C11H15N.ClH/c1-8-5-6-9-3-2-4-11(12)10(9)7-8;/h5-7,11H,2-4,12H2,1H3;1H/t11-;/m1./s1. The van der Waals surface area contributed by atoms with Crippen molar-refractivity contribution in [2.45, 2.75) is 32.2 Å². The third-order valence-corrected chi connectivity index (χ3v) is 2.66. The summed E-state index contributed by atoms with van der Waals surface area (Å²) in [5, 5.41) is 0. The minimum absolute atomic E-state index is 0. The first kappa shape index (κ1) is 10.6. The number of rotatable bonds is 0. The van der Waals surface area contributed by atoms with Crippen LogP contribution in [0.4, 0.5) is 0 Å². The second-order valence-electron chi connectivity index (χ2n) is 3.70. The molecule has 0 radical (unpaired) electrons. The van der Waals surface area contributed by atoms with Crippen molar-refractivity contribution in [3.63, 3.8) is 0 Å². The highest BCUT2D eigenvalue weighted by Crippen LogP contribution is 2.28. The third-order valence-electron chi connectivity index (χ3n) is 2.66. The Labute approximate surface area is 85.7 Å². The average Bonchev–Trinajstić information content (AvgIpc) is 2.07. The van der Waals surface area contributed by atoms with Crippen molar-refractivity contribution in [3.05, 3.63) is 34.9 Å². The summed E-state index contributed by atoms with van der Waals surface area (Å²) in [5.41, 5.74) is 10.2. The molecule has 1 aromatic rings. The molecule has 0 saturated carbocycles. The normalized spacial score (nSPS) is 20.3. The predicted octanol–water partition coefficient (Wildman–Crippen LogP) is 2.75. The van der Waals surface area contributed by atoms with Crippen LogP contribution >= 0.6 is 12.4 Å². The van der Waals surface area contributed by atoms with Gasteiger partial charge >= 0.3 is 0 Å². The van der Waals surface area contributed by atoms with Crippen molar-refractivity contribution < 1.29 is 0 Å². The van der Waals surface area contributed by atoms with E-state index in [-0.39, 0.29) is 18.4 Å². The first-order valence-electron chi connectivity index (χ1n) is 4.62. The summed E-state index contributed by atoms with van der Waals surface area (Å²) in [7, 11) is 0. The molecule has 2 heteroatoms. The molecule has 0 aromatic heterocycles. The number of hydrogen-bond donors (Lipinski definition) is 1. The summed E-state index contributed by atoms with van der Waals surface area (Å²) in [6.07, 6.45) is 3.61. The number of halogens is 1. The Morgan fingerprint density at radius 2 is 2.15 bits per heavy atom. The van der Waals surface area contributed by atoms with Crippen molar-refractivity contribution in [1.29, 1.82) is 0 Å². The topological polar surface area (TPSA) is 26.0 Å². The van der Waals surface area contributed by atoms with Crippen molar-refractivity contribution in [1.82, 2.24) is 0 Å². The molecule has 72 valence electrons. The van der Waals surface area contributed by atoms with E-state index < -0.39 is 0 Å². The highest BCUT2D eigenvalue weighted by molar-refractivity contribution is 5.85. The molecule has 0 spiro atoms. The van der Waals surface area contributed by atoms with E-state index in [9.17, 15) is 0 Å². The summed E-state index contributed by atoms with van der Waals surface area (Å²) in [5.74, 6) is 0. The lowest BCUT2D eigenvalue weighted by Gasteiger charge is -2.22. The van der Waals surface area contributed by atoms with Gasteiger partial charge in [-0.25, -0.2) is 0 Å². The number of aryl methyl sites for hydroxylation is 2. The second kappa shape index (κ2) is 4.12. The van der Waals surface area contributed by atoms with Crippen LogP contribution in [-0.2, 0) is 6.42 Å². The quantitative estimate of drug-likeness (QED) is 0.680. The molecule has 2 N–H and O–H groups in total. The Bertz CT molecular complexity index is 296. The lowest BCUT2D eigenvalue weighted by atomic mass is 9.87. The first-order valence-corrected chi connectivity index (χ1v) is 4.62. The molecule has 13 heavy (non-hydrogen) atoms. The number of hydrogen-bond acceptors (Lipinski definition) is 1. The van der Waals surface area contributed by atoms with Crippen LogP contribution in [0.25, 0.3) is 0 Å². The maximum atomic E-state index is 6.02. The third kappa shape index (κ3) is 2.04. The van der Waals surface area contributed by atoms with Crippen molar-refractivity contribution in [2.75, 3.05) is 0 Å². The van der Waals surface area contributed by atoms with Gasteiger partial charge in [-0.1, -0.05) is 23.8 Å². The van der Waals surface area contributed by atoms with Gasteiger partial charge in [0.15, 0.2) is 0 Å². The van der Waals surface area contributed by atoms with Crippen molar-refractivity contribution in [3.8, 4) is 0 Å². The van der Waals surface area contributed by atoms with E-state index in [4.69, 9.17) is 5.73 Å². The van der Waals surface area contributed by atoms with Crippen LogP contribution in [0.5, 0.6) is 0 Å². The average molecular weight is 198 g/mol. The molecule has 0 heterocycles. The minimum atomic E-state index is 0. The molecule has 0 fully saturated rings. The Morgan fingerprint density at radius 3 is 2.92 bits per heavy atom. The monoisotopic (exact) mass is 197 g/mol. The zero-order chi connectivity index (χ0) is 8.55. The van der Waals surface area contributed by atoms with E-state index in [0.29, 0.717) is 0 Å². The van der Waals surface area contributed by atoms with Crippen molar-refractivity contribution >= 4 is 12.4 Å². The Balaban J connectivity index is 0.000000845. The SMILES string of the molecule is Cc1ccc2c(c1)[C@H](N)CCC2.Cl. The second-order valence-corrected chi connectivity index (χ2v) is 3.70. The fourth-order valence-electron chi connectivity index (χ4n) is 1.96. The maximum absolute atomic E-state index is 6.02. The number of fused-ring (bicyclic) bond motifs is 1. The van der Waals surface area contributed by atoms with Gasteiger partial charge in [-0.2, -0.15) is 0 Å². The summed E-state index contributed by atoms with van der Waals surface area (Å²) in [6.45, 7) is 2.13. The maximum Gasteiger partial charge on any atom is 0.0297 e. The molecular formula is C11H16ClN. The molecular weight excluding hydrogens is 182 g/mol. The van der Waals surface area contributed by atoms with Crippen LogP contribution in [0.3, 0.4) is 0 Å². The Hall–Kier alpha value is -0.530. The van der Waals surface area contributed by atoms with E-state index in [1.165, 1.54) is 29.5 Å². The molecule has 1 aliphatic carbocycles. The van der Waals surface area contributed by atoms with Gasteiger partial charge in [0.2, 0.25) is 0 Å². The van der Waals surface area contributed by atoms with Gasteiger partial charge in [0, 0.05) is 6.04 Å². The van der Waals surface area contributed by atoms with E-state index in [2.05, 4.69) is 25.1 Å². The Morgan fingerprint density at radius 1 is 1.38 bits per heavy atom. The van der Waals surface area contributed by atoms with Crippen LogP contribution < -0.4 is 5.73 Å².